The second kappa shape index (κ2) is 10.2. The Morgan fingerprint density at radius 3 is 2.37 bits per heavy atom. The van der Waals surface area contributed by atoms with E-state index in [0.29, 0.717) is 37.1 Å². The summed E-state index contributed by atoms with van der Waals surface area (Å²) in [5, 5.41) is 21.8. The van der Waals surface area contributed by atoms with Crippen LogP contribution < -0.4 is 10.9 Å². The molecule has 3 aromatic carbocycles. The molecule has 1 aliphatic carbocycles. The zero-order valence-electron chi connectivity index (χ0n) is 22.5. The van der Waals surface area contributed by atoms with E-state index in [-0.39, 0.29) is 41.9 Å². The lowest BCUT2D eigenvalue weighted by atomic mass is 9.79. The van der Waals surface area contributed by atoms with Crippen LogP contribution in [0.5, 0.6) is 0 Å². The first kappa shape index (κ1) is 25.5. The number of nitrogens with one attached hydrogen (secondary N) is 2. The Morgan fingerprint density at radius 2 is 1.63 bits per heavy atom. The number of piperazine rings is 1. The van der Waals surface area contributed by atoms with Crippen molar-refractivity contribution < 1.29 is 14.7 Å². The zero-order chi connectivity index (χ0) is 28.1. The highest BCUT2D eigenvalue weighted by Crippen LogP contribution is 2.46. The predicted molar refractivity (Wildman–Crippen MR) is 155 cm³/mol. The van der Waals surface area contributed by atoms with Gasteiger partial charge in [0.15, 0.2) is 0 Å². The number of aromatic nitrogens is 2. The van der Waals surface area contributed by atoms with Crippen molar-refractivity contribution in [1.29, 1.82) is 0 Å². The monoisotopic (exact) mass is 549 g/mol. The van der Waals surface area contributed by atoms with Crippen LogP contribution in [0.1, 0.15) is 57.5 Å². The van der Waals surface area contributed by atoms with Gasteiger partial charge in [0.1, 0.15) is 0 Å². The Bertz CT molecular complexity index is 1700. The SMILES string of the molecule is O=C(c1cccc(C2c3n[nH]c(=O)c4cccc(c34)NC2c2ccc(CO)cc2)c1)N1CCN(C(=O)C2CC2)CC1. The van der Waals surface area contributed by atoms with E-state index in [1.54, 1.807) is 6.07 Å². The third-order valence-electron chi connectivity index (χ3n) is 8.60. The largest absolute Gasteiger partial charge is 0.392 e. The fourth-order valence-electron chi connectivity index (χ4n) is 6.22. The minimum absolute atomic E-state index is 0.0418. The molecule has 2 unspecified atom stereocenters. The summed E-state index contributed by atoms with van der Waals surface area (Å²) >= 11 is 0. The maximum absolute atomic E-state index is 13.6. The number of aliphatic hydroxyl groups is 1. The first-order valence-electron chi connectivity index (χ1n) is 14.2. The molecule has 4 aromatic rings. The molecule has 2 atom stereocenters. The third-order valence-corrected chi connectivity index (χ3v) is 8.60. The van der Waals surface area contributed by atoms with Gasteiger partial charge in [0, 0.05) is 48.7 Å². The first-order valence-corrected chi connectivity index (χ1v) is 14.2. The molecule has 2 aliphatic heterocycles. The van der Waals surface area contributed by atoms with Gasteiger partial charge >= 0.3 is 0 Å². The Morgan fingerprint density at radius 1 is 0.902 bits per heavy atom. The number of H-pyrrole nitrogens is 1. The number of carbonyl (C=O) groups is 2. The molecule has 3 aliphatic rings. The summed E-state index contributed by atoms with van der Waals surface area (Å²) in [5.74, 6) is 0.0499. The van der Waals surface area contributed by atoms with Gasteiger partial charge < -0.3 is 20.2 Å². The van der Waals surface area contributed by atoms with Crippen LogP contribution in [-0.4, -0.2) is 63.1 Å². The smallest absolute Gasteiger partial charge is 0.272 e. The highest BCUT2D eigenvalue weighted by Gasteiger charge is 2.37. The molecule has 9 nitrogen and oxygen atoms in total. The lowest BCUT2D eigenvalue weighted by Gasteiger charge is -2.36. The van der Waals surface area contributed by atoms with Crippen molar-refractivity contribution in [3.63, 3.8) is 0 Å². The van der Waals surface area contributed by atoms with E-state index in [1.165, 1.54) is 0 Å². The number of rotatable bonds is 5. The van der Waals surface area contributed by atoms with Gasteiger partial charge in [-0.25, -0.2) is 5.10 Å². The van der Waals surface area contributed by atoms with E-state index in [1.807, 2.05) is 70.5 Å². The van der Waals surface area contributed by atoms with Gasteiger partial charge in [0.25, 0.3) is 11.5 Å². The van der Waals surface area contributed by atoms with E-state index < -0.39 is 0 Å². The Labute approximate surface area is 236 Å². The van der Waals surface area contributed by atoms with E-state index in [2.05, 4.69) is 15.5 Å². The van der Waals surface area contributed by atoms with Crippen molar-refractivity contribution in [3.05, 3.63) is 105 Å². The van der Waals surface area contributed by atoms with Crippen molar-refractivity contribution in [2.24, 2.45) is 5.92 Å². The lowest BCUT2D eigenvalue weighted by molar-refractivity contribution is -0.134. The number of aromatic amines is 1. The summed E-state index contributed by atoms with van der Waals surface area (Å²) in [7, 11) is 0. The van der Waals surface area contributed by atoms with Gasteiger partial charge in [0.05, 0.1) is 29.6 Å². The topological polar surface area (TPSA) is 119 Å². The van der Waals surface area contributed by atoms with E-state index >= 15 is 0 Å². The zero-order valence-corrected chi connectivity index (χ0v) is 22.5. The maximum Gasteiger partial charge on any atom is 0.272 e. The van der Waals surface area contributed by atoms with Gasteiger partial charge in [-0.15, -0.1) is 0 Å². The average molecular weight is 550 g/mol. The first-order chi connectivity index (χ1) is 20.0. The molecular weight excluding hydrogens is 518 g/mol. The molecule has 2 amide bonds. The van der Waals surface area contributed by atoms with Crippen molar-refractivity contribution in [1.82, 2.24) is 20.0 Å². The van der Waals surface area contributed by atoms with E-state index in [4.69, 9.17) is 0 Å². The van der Waals surface area contributed by atoms with Crippen molar-refractivity contribution >= 4 is 28.3 Å². The van der Waals surface area contributed by atoms with Gasteiger partial charge in [-0.1, -0.05) is 42.5 Å². The molecule has 9 heteroatoms. The molecule has 0 bridgehead atoms. The number of hydrogen-bond acceptors (Lipinski definition) is 6. The number of aliphatic hydroxyl groups excluding tert-OH is 1. The number of nitrogens with zero attached hydrogens (tertiary/aromatic N) is 3. The number of hydrogen-bond donors (Lipinski definition) is 3. The molecule has 208 valence electrons. The predicted octanol–water partition coefficient (Wildman–Crippen LogP) is 3.41. The fourth-order valence-corrected chi connectivity index (χ4v) is 6.22. The summed E-state index contributed by atoms with van der Waals surface area (Å²) in [6, 6.07) is 20.8. The summed E-state index contributed by atoms with van der Waals surface area (Å²) in [6.07, 6.45) is 1.96. The summed E-state index contributed by atoms with van der Waals surface area (Å²) in [6.45, 7) is 2.12. The number of benzene rings is 3. The molecule has 3 N–H and O–H groups in total. The summed E-state index contributed by atoms with van der Waals surface area (Å²) < 4.78 is 0. The minimum Gasteiger partial charge on any atom is -0.392 e. The Balaban J connectivity index is 1.25. The lowest BCUT2D eigenvalue weighted by Crippen LogP contribution is -2.51. The molecule has 41 heavy (non-hydrogen) atoms. The van der Waals surface area contributed by atoms with Crippen LogP contribution in [0.15, 0.2) is 71.5 Å². The molecule has 0 radical (unpaired) electrons. The van der Waals surface area contributed by atoms with E-state index in [0.717, 1.165) is 46.3 Å². The van der Waals surface area contributed by atoms with Crippen molar-refractivity contribution in [2.45, 2.75) is 31.4 Å². The molecule has 7 rings (SSSR count). The average Bonchev–Trinajstić information content (AvgIpc) is 3.88. The molecule has 3 heterocycles. The second-order valence-electron chi connectivity index (χ2n) is 11.2. The number of carbonyl (C=O) groups excluding carboxylic acids is 2. The van der Waals surface area contributed by atoms with Crippen molar-refractivity contribution in [2.75, 3.05) is 31.5 Å². The Kier molecular flexibility index (Phi) is 6.31. The fraction of sp³-hybridized carbons (Fsp3) is 0.312. The van der Waals surface area contributed by atoms with Crippen LogP contribution in [-0.2, 0) is 11.4 Å². The third kappa shape index (κ3) is 4.56. The molecule has 0 spiro atoms. The summed E-state index contributed by atoms with van der Waals surface area (Å²) in [4.78, 5) is 42.5. The molecule has 1 saturated carbocycles. The van der Waals surface area contributed by atoms with Gasteiger partial charge in [0.2, 0.25) is 5.91 Å². The van der Waals surface area contributed by atoms with Gasteiger partial charge in [-0.2, -0.15) is 5.10 Å². The Hall–Kier alpha value is -4.50. The van der Waals surface area contributed by atoms with Crippen LogP contribution in [0.2, 0.25) is 0 Å². The highest BCUT2D eigenvalue weighted by atomic mass is 16.3. The molecular formula is C32H31N5O4. The quantitative estimate of drug-likeness (QED) is 0.351. The van der Waals surface area contributed by atoms with E-state index in [9.17, 15) is 19.5 Å². The summed E-state index contributed by atoms with van der Waals surface area (Å²) in [5.41, 5.74) is 4.61. The van der Waals surface area contributed by atoms with Crippen LogP contribution >= 0.6 is 0 Å². The van der Waals surface area contributed by atoms with Crippen LogP contribution in [0, 0.1) is 5.92 Å². The minimum atomic E-state index is -0.301. The van der Waals surface area contributed by atoms with Crippen LogP contribution in [0.25, 0.3) is 10.8 Å². The number of anilines is 1. The van der Waals surface area contributed by atoms with Crippen molar-refractivity contribution in [3.8, 4) is 0 Å². The molecule has 1 saturated heterocycles. The van der Waals surface area contributed by atoms with Crippen LogP contribution in [0.4, 0.5) is 5.69 Å². The van der Waals surface area contributed by atoms with Gasteiger partial charge in [-0.05, 0) is 53.8 Å². The second-order valence-corrected chi connectivity index (χ2v) is 11.2. The highest BCUT2D eigenvalue weighted by molar-refractivity contribution is 5.98. The number of amides is 2. The standard InChI is InChI=1S/C32H31N5O4/c38-18-19-7-9-20(10-8-19)28-26(29-27-24(30(39)35-34-29)5-2-6-25(27)33-28)22-3-1-4-23(17-22)32(41)37-15-13-36(14-16-37)31(40)21-11-12-21/h1-10,17,21,26,28,33,38H,11-16,18H2,(H,35,39). The van der Waals surface area contributed by atoms with Crippen LogP contribution in [0.3, 0.4) is 0 Å². The van der Waals surface area contributed by atoms with Gasteiger partial charge in [-0.3, -0.25) is 14.4 Å². The molecule has 1 aromatic heterocycles. The molecule has 2 fully saturated rings. The normalized spacial score (nSPS) is 20.1. The maximum atomic E-state index is 13.6.